The molecular formula is C15H12O3. The van der Waals surface area contributed by atoms with Crippen molar-refractivity contribution < 1.29 is 14.6 Å². The van der Waals surface area contributed by atoms with Crippen LogP contribution >= 0.6 is 0 Å². The quantitative estimate of drug-likeness (QED) is 0.663. The summed E-state index contributed by atoms with van der Waals surface area (Å²) in [6, 6.07) is 15.9. The normalized spacial score (nSPS) is 21.6. The van der Waals surface area contributed by atoms with Gasteiger partial charge in [-0.3, -0.25) is 4.79 Å². The molecule has 1 fully saturated rings. The van der Waals surface area contributed by atoms with Crippen LogP contribution in [0.4, 0.5) is 0 Å². The number of Topliss-reactive ketones (excluding diaryl/α,β-unsaturated/α-hetero) is 1. The topological polar surface area (TPSA) is 49.8 Å². The summed E-state index contributed by atoms with van der Waals surface area (Å²) in [4.78, 5) is 12.1. The van der Waals surface area contributed by atoms with Gasteiger partial charge in [0.25, 0.3) is 0 Å². The molecule has 3 nitrogen and oxygen atoms in total. The number of aromatic hydroxyl groups is 1. The van der Waals surface area contributed by atoms with Crippen molar-refractivity contribution in [2.45, 2.75) is 12.2 Å². The largest absolute Gasteiger partial charge is 0.508 e. The van der Waals surface area contributed by atoms with Crippen molar-refractivity contribution in [3.05, 3.63) is 65.7 Å². The molecule has 2 unspecified atom stereocenters. The predicted molar refractivity (Wildman–Crippen MR) is 66.5 cm³/mol. The number of phenolic OH excluding ortho intramolecular Hbond substituents is 1. The summed E-state index contributed by atoms with van der Waals surface area (Å²) < 4.78 is 5.44. The lowest BCUT2D eigenvalue weighted by atomic mass is 10.0. The van der Waals surface area contributed by atoms with E-state index in [9.17, 15) is 9.90 Å². The molecule has 3 heteroatoms. The number of benzene rings is 2. The van der Waals surface area contributed by atoms with E-state index in [1.54, 1.807) is 12.1 Å². The van der Waals surface area contributed by atoms with Gasteiger partial charge in [-0.25, -0.2) is 0 Å². The Morgan fingerprint density at radius 1 is 1.00 bits per heavy atom. The van der Waals surface area contributed by atoms with Crippen LogP contribution in [0.2, 0.25) is 0 Å². The summed E-state index contributed by atoms with van der Waals surface area (Å²) in [5.74, 6) is 0.117. The molecule has 0 aliphatic carbocycles. The Bertz CT molecular complexity index is 560. The van der Waals surface area contributed by atoms with E-state index in [-0.39, 0.29) is 17.6 Å². The zero-order valence-corrected chi connectivity index (χ0v) is 9.61. The molecule has 1 aliphatic rings. The van der Waals surface area contributed by atoms with E-state index in [1.807, 2.05) is 30.3 Å². The summed E-state index contributed by atoms with van der Waals surface area (Å²) in [6.45, 7) is 0. The van der Waals surface area contributed by atoms with Crippen LogP contribution in [-0.4, -0.2) is 17.0 Å². The minimum absolute atomic E-state index is 0.0381. The van der Waals surface area contributed by atoms with E-state index in [0.717, 1.165) is 5.56 Å². The SMILES string of the molecule is O=C(c1ccc(O)cc1)C1OC1c1ccccc1. The Morgan fingerprint density at radius 3 is 2.33 bits per heavy atom. The first-order valence-electron chi connectivity index (χ1n) is 5.79. The average Bonchev–Trinajstić information content (AvgIpc) is 3.20. The van der Waals surface area contributed by atoms with Gasteiger partial charge < -0.3 is 9.84 Å². The smallest absolute Gasteiger partial charge is 0.194 e. The van der Waals surface area contributed by atoms with E-state index in [4.69, 9.17) is 4.74 Å². The monoisotopic (exact) mass is 240 g/mol. The molecule has 2 aromatic rings. The first-order chi connectivity index (χ1) is 8.75. The molecule has 0 spiro atoms. The van der Waals surface area contributed by atoms with Gasteiger partial charge in [0.1, 0.15) is 11.9 Å². The highest BCUT2D eigenvalue weighted by Gasteiger charge is 2.45. The second kappa shape index (κ2) is 4.27. The van der Waals surface area contributed by atoms with E-state index in [2.05, 4.69) is 0 Å². The van der Waals surface area contributed by atoms with Crippen molar-refractivity contribution in [3.63, 3.8) is 0 Å². The number of rotatable bonds is 3. The third kappa shape index (κ3) is 2.00. The Morgan fingerprint density at radius 2 is 1.67 bits per heavy atom. The van der Waals surface area contributed by atoms with Crippen LogP contribution in [0.15, 0.2) is 54.6 Å². The molecule has 1 saturated heterocycles. The number of phenols is 1. The predicted octanol–water partition coefficient (Wildman–Crippen LogP) is 2.72. The van der Waals surface area contributed by atoms with Crippen LogP contribution in [0.5, 0.6) is 5.75 Å². The third-order valence-electron chi connectivity index (χ3n) is 3.03. The van der Waals surface area contributed by atoms with Gasteiger partial charge in [0.15, 0.2) is 11.9 Å². The van der Waals surface area contributed by atoms with Crippen LogP contribution in [0, 0.1) is 0 Å². The highest BCUT2D eigenvalue weighted by molar-refractivity contribution is 6.01. The Labute approximate surface area is 105 Å². The van der Waals surface area contributed by atoms with E-state index in [1.165, 1.54) is 12.1 Å². The number of carbonyl (C=O) groups excluding carboxylic acids is 1. The second-order valence-electron chi connectivity index (χ2n) is 4.30. The van der Waals surface area contributed by atoms with Crippen LogP contribution in [-0.2, 0) is 4.74 Å². The summed E-state index contributed by atoms with van der Waals surface area (Å²) in [5, 5.41) is 9.18. The minimum Gasteiger partial charge on any atom is -0.508 e. The van der Waals surface area contributed by atoms with E-state index >= 15 is 0 Å². The maximum absolute atomic E-state index is 12.1. The number of ether oxygens (including phenoxy) is 1. The van der Waals surface area contributed by atoms with Gasteiger partial charge >= 0.3 is 0 Å². The summed E-state index contributed by atoms with van der Waals surface area (Å²) in [6.07, 6.45) is -0.524. The molecular weight excluding hydrogens is 228 g/mol. The van der Waals surface area contributed by atoms with Gasteiger partial charge in [-0.05, 0) is 29.8 Å². The number of carbonyl (C=O) groups is 1. The highest BCUT2D eigenvalue weighted by Crippen LogP contribution is 2.40. The zero-order chi connectivity index (χ0) is 12.5. The fourth-order valence-electron chi connectivity index (χ4n) is 2.00. The molecule has 0 aromatic heterocycles. The molecule has 3 rings (SSSR count). The second-order valence-corrected chi connectivity index (χ2v) is 4.30. The van der Waals surface area contributed by atoms with E-state index in [0.29, 0.717) is 5.56 Å². The minimum atomic E-state index is -0.392. The molecule has 0 bridgehead atoms. The molecule has 90 valence electrons. The molecule has 1 aliphatic heterocycles. The Balaban J connectivity index is 1.75. The molecule has 1 heterocycles. The molecule has 2 aromatic carbocycles. The lowest BCUT2D eigenvalue weighted by molar-refractivity contribution is 0.0953. The average molecular weight is 240 g/mol. The molecule has 18 heavy (non-hydrogen) atoms. The number of epoxide rings is 1. The van der Waals surface area contributed by atoms with Crippen LogP contribution in [0.3, 0.4) is 0 Å². The van der Waals surface area contributed by atoms with Crippen LogP contribution in [0.25, 0.3) is 0 Å². The fraction of sp³-hybridized carbons (Fsp3) is 0.133. The first kappa shape index (κ1) is 11.0. The van der Waals surface area contributed by atoms with Gasteiger partial charge in [0.2, 0.25) is 0 Å². The van der Waals surface area contributed by atoms with E-state index < -0.39 is 6.10 Å². The maximum atomic E-state index is 12.1. The highest BCUT2D eigenvalue weighted by atomic mass is 16.6. The van der Waals surface area contributed by atoms with Gasteiger partial charge in [-0.2, -0.15) is 0 Å². The molecule has 0 radical (unpaired) electrons. The van der Waals surface area contributed by atoms with Crippen molar-refractivity contribution in [2.24, 2.45) is 0 Å². The number of hydrogen-bond acceptors (Lipinski definition) is 3. The summed E-state index contributed by atoms with van der Waals surface area (Å²) >= 11 is 0. The summed E-state index contributed by atoms with van der Waals surface area (Å²) in [5.41, 5.74) is 1.59. The fourth-order valence-corrected chi connectivity index (χ4v) is 2.00. The number of ketones is 1. The van der Waals surface area contributed by atoms with Gasteiger partial charge in [-0.1, -0.05) is 30.3 Å². The molecule has 2 atom stereocenters. The van der Waals surface area contributed by atoms with Crippen LogP contribution < -0.4 is 0 Å². The molecule has 0 amide bonds. The van der Waals surface area contributed by atoms with Crippen molar-refractivity contribution in [3.8, 4) is 5.75 Å². The molecule has 0 saturated carbocycles. The first-order valence-corrected chi connectivity index (χ1v) is 5.79. The Kier molecular flexibility index (Phi) is 2.61. The lowest BCUT2D eigenvalue weighted by Gasteiger charge is -1.98. The van der Waals surface area contributed by atoms with Gasteiger partial charge in [0, 0.05) is 5.56 Å². The lowest BCUT2D eigenvalue weighted by Crippen LogP contribution is -2.07. The van der Waals surface area contributed by atoms with Gasteiger partial charge in [-0.15, -0.1) is 0 Å². The third-order valence-corrected chi connectivity index (χ3v) is 3.03. The van der Waals surface area contributed by atoms with Crippen molar-refractivity contribution in [1.29, 1.82) is 0 Å². The standard InChI is InChI=1S/C15H12O3/c16-12-8-6-10(7-9-12)13(17)15-14(18-15)11-4-2-1-3-5-11/h1-9,14-16H. The van der Waals surface area contributed by atoms with Crippen molar-refractivity contribution in [2.75, 3.05) is 0 Å². The van der Waals surface area contributed by atoms with Crippen molar-refractivity contribution in [1.82, 2.24) is 0 Å². The maximum Gasteiger partial charge on any atom is 0.194 e. The molecule has 1 N–H and O–H groups in total. The van der Waals surface area contributed by atoms with Crippen molar-refractivity contribution >= 4 is 5.78 Å². The number of hydrogen-bond donors (Lipinski definition) is 1. The van der Waals surface area contributed by atoms with Gasteiger partial charge in [0.05, 0.1) is 0 Å². The van der Waals surface area contributed by atoms with Crippen LogP contribution in [0.1, 0.15) is 22.0 Å². The Hall–Kier alpha value is -2.13. The zero-order valence-electron chi connectivity index (χ0n) is 9.61. The summed E-state index contributed by atoms with van der Waals surface area (Å²) in [7, 11) is 0.